The quantitative estimate of drug-likeness (QED) is 0.643. The van der Waals surface area contributed by atoms with Gasteiger partial charge in [0.25, 0.3) is 0 Å². The van der Waals surface area contributed by atoms with E-state index in [2.05, 4.69) is 18.7 Å². The molecular weight excluding hydrogens is 458 g/mol. The molecule has 7 aliphatic rings. The highest BCUT2D eigenvalue weighted by Crippen LogP contribution is 2.77. The summed E-state index contributed by atoms with van der Waals surface area (Å²) in [7, 11) is 1.79. The number of nitrogens with zero attached hydrogens (tertiary/aromatic N) is 1. The molecule has 3 heterocycles. The van der Waals surface area contributed by atoms with E-state index in [0.717, 1.165) is 32.4 Å². The van der Waals surface area contributed by atoms with Gasteiger partial charge < -0.3 is 19.3 Å². The van der Waals surface area contributed by atoms with Gasteiger partial charge in [0.15, 0.2) is 0 Å². The van der Waals surface area contributed by atoms with E-state index >= 15 is 0 Å². The number of aliphatic hydroxyl groups is 1. The maximum atomic E-state index is 13.5. The zero-order chi connectivity index (χ0) is 25.0. The van der Waals surface area contributed by atoms with Crippen molar-refractivity contribution >= 4 is 11.9 Å². The van der Waals surface area contributed by atoms with Gasteiger partial charge in [-0.25, -0.2) is 4.79 Å². The maximum absolute atomic E-state index is 13.5. The third kappa shape index (κ3) is 2.60. The lowest BCUT2D eigenvalue weighted by Gasteiger charge is -2.69. The number of esters is 2. The largest absolute Gasteiger partial charge is 0.462 e. The highest BCUT2D eigenvalue weighted by molar-refractivity contribution is 5.89. The molecular formula is C29H37NO6. The molecule has 11 atom stereocenters. The zero-order valence-corrected chi connectivity index (χ0v) is 21.4. The van der Waals surface area contributed by atoms with Gasteiger partial charge in [-0.3, -0.25) is 9.69 Å². The summed E-state index contributed by atoms with van der Waals surface area (Å²) in [5.74, 6) is -1.62. The van der Waals surface area contributed by atoms with Crippen LogP contribution >= 0.6 is 0 Å². The molecule has 0 aromatic heterocycles. The van der Waals surface area contributed by atoms with Crippen LogP contribution in [0.5, 0.6) is 0 Å². The molecule has 1 aromatic rings. The first-order chi connectivity index (χ1) is 17.3. The molecule has 3 aliphatic heterocycles. The van der Waals surface area contributed by atoms with Crippen molar-refractivity contribution in [1.29, 1.82) is 0 Å². The topological polar surface area (TPSA) is 85.3 Å². The normalized spacial score (nSPS) is 50.4. The van der Waals surface area contributed by atoms with Gasteiger partial charge in [0.2, 0.25) is 0 Å². The van der Waals surface area contributed by atoms with Gasteiger partial charge in [0.05, 0.1) is 23.2 Å². The van der Waals surface area contributed by atoms with Crippen LogP contribution in [0.1, 0.15) is 56.3 Å². The molecule has 0 radical (unpaired) electrons. The maximum Gasteiger partial charge on any atom is 0.338 e. The first-order valence-corrected chi connectivity index (χ1v) is 13.8. The number of piperidine rings is 1. The average Bonchev–Trinajstić information content (AvgIpc) is 2.92. The Morgan fingerprint density at radius 1 is 1.22 bits per heavy atom. The molecule has 4 saturated carbocycles. The van der Waals surface area contributed by atoms with Crippen LogP contribution in [-0.4, -0.2) is 72.1 Å². The van der Waals surface area contributed by atoms with Gasteiger partial charge in [-0.2, -0.15) is 0 Å². The SMILES string of the molecule is CCN1CC2(C)CCC(OC)C34C5CC6CCC(O)(C5C(=O)O6)C(C(OC(=O)c5ccccc5)C23)C14. The predicted molar refractivity (Wildman–Crippen MR) is 130 cm³/mol. The summed E-state index contributed by atoms with van der Waals surface area (Å²) < 4.78 is 18.7. The smallest absolute Gasteiger partial charge is 0.338 e. The van der Waals surface area contributed by atoms with Crippen LogP contribution in [-0.2, 0) is 19.0 Å². The van der Waals surface area contributed by atoms with Crippen molar-refractivity contribution in [2.24, 2.45) is 34.5 Å². The number of methoxy groups -OCH3 is 1. The summed E-state index contributed by atoms with van der Waals surface area (Å²) in [6.07, 6.45) is 3.10. The summed E-state index contributed by atoms with van der Waals surface area (Å²) in [6, 6.07) is 9.13. The van der Waals surface area contributed by atoms with Gasteiger partial charge in [0, 0.05) is 36.9 Å². The lowest BCUT2D eigenvalue weighted by molar-refractivity contribution is -0.269. The molecule has 3 saturated heterocycles. The number of rotatable bonds is 4. The van der Waals surface area contributed by atoms with Crippen molar-refractivity contribution in [3.8, 4) is 0 Å². The summed E-state index contributed by atoms with van der Waals surface area (Å²) in [4.78, 5) is 29.6. The fraction of sp³-hybridized carbons (Fsp3) is 0.724. The van der Waals surface area contributed by atoms with Crippen LogP contribution in [0, 0.1) is 34.5 Å². The Bertz CT molecular complexity index is 1090. The standard InChI is InChI=1S/C29H37NO6/c1-4-30-15-27(2)12-11-19(34-3)29-18-14-17-10-13-28(33,20(18)26(32)35-17)21(24(29)30)22(23(27)29)36-25(31)16-8-6-5-7-9-16/h5-9,17-24,33H,4,10-15H2,1-3H3. The Kier molecular flexibility index (Phi) is 4.86. The van der Waals surface area contributed by atoms with Crippen molar-refractivity contribution in [2.75, 3.05) is 20.2 Å². The molecule has 7 nitrogen and oxygen atoms in total. The minimum Gasteiger partial charge on any atom is -0.462 e. The van der Waals surface area contributed by atoms with Crippen LogP contribution in [0.2, 0.25) is 0 Å². The van der Waals surface area contributed by atoms with Gasteiger partial charge in [-0.05, 0) is 62.1 Å². The number of likely N-dealkylation sites (tertiary alicyclic amines) is 1. The summed E-state index contributed by atoms with van der Waals surface area (Å²) in [5, 5.41) is 12.6. The van der Waals surface area contributed by atoms with E-state index in [9.17, 15) is 14.7 Å². The minimum atomic E-state index is -1.27. The van der Waals surface area contributed by atoms with Crippen LogP contribution in [0.4, 0.5) is 0 Å². The summed E-state index contributed by atoms with van der Waals surface area (Å²) in [5.41, 5.74) is -1.23. The molecule has 11 unspecified atom stereocenters. The molecule has 0 amide bonds. The highest BCUT2D eigenvalue weighted by atomic mass is 16.6. The van der Waals surface area contributed by atoms with Crippen molar-refractivity contribution < 1.29 is 28.9 Å². The molecule has 36 heavy (non-hydrogen) atoms. The molecule has 1 aromatic carbocycles. The van der Waals surface area contributed by atoms with Gasteiger partial charge >= 0.3 is 11.9 Å². The molecule has 4 aliphatic carbocycles. The van der Waals surface area contributed by atoms with Gasteiger partial charge in [0.1, 0.15) is 12.2 Å². The van der Waals surface area contributed by atoms with Crippen LogP contribution < -0.4 is 0 Å². The summed E-state index contributed by atoms with van der Waals surface area (Å²) >= 11 is 0. The number of hydrogen-bond donors (Lipinski definition) is 1. The Labute approximate surface area is 212 Å². The molecule has 194 valence electrons. The lowest BCUT2D eigenvalue weighted by Crippen LogP contribution is -2.76. The van der Waals surface area contributed by atoms with E-state index in [1.165, 1.54) is 0 Å². The Hall–Kier alpha value is -1.96. The van der Waals surface area contributed by atoms with E-state index in [4.69, 9.17) is 14.2 Å². The zero-order valence-electron chi connectivity index (χ0n) is 21.4. The number of carbonyl (C=O) groups excluding carboxylic acids is 2. The second-order valence-corrected chi connectivity index (χ2v) is 12.6. The van der Waals surface area contributed by atoms with Gasteiger partial charge in [-0.1, -0.05) is 32.0 Å². The molecule has 7 fully saturated rings. The average molecular weight is 496 g/mol. The Balaban J connectivity index is 1.46. The van der Waals surface area contributed by atoms with Crippen molar-refractivity contribution in [2.45, 2.75) is 75.9 Å². The number of benzene rings is 1. The second kappa shape index (κ2) is 7.55. The molecule has 1 spiro atoms. The molecule has 1 N–H and O–H groups in total. The second-order valence-electron chi connectivity index (χ2n) is 12.6. The van der Waals surface area contributed by atoms with Gasteiger partial charge in [-0.15, -0.1) is 0 Å². The fourth-order valence-electron chi connectivity index (χ4n) is 10.5. The molecule has 9 bridgehead atoms. The third-order valence-electron chi connectivity index (χ3n) is 11.3. The molecule has 8 rings (SSSR count). The third-order valence-corrected chi connectivity index (χ3v) is 11.3. The summed E-state index contributed by atoms with van der Waals surface area (Å²) in [6.45, 7) is 6.29. The number of carbonyl (C=O) groups is 2. The van der Waals surface area contributed by atoms with E-state index in [-0.39, 0.29) is 58.8 Å². The van der Waals surface area contributed by atoms with Crippen LogP contribution in [0.15, 0.2) is 30.3 Å². The number of fused-ring (bicyclic) bond motifs is 2. The van der Waals surface area contributed by atoms with Crippen molar-refractivity contribution in [3.63, 3.8) is 0 Å². The monoisotopic (exact) mass is 495 g/mol. The number of ether oxygens (including phenoxy) is 3. The fourth-order valence-corrected chi connectivity index (χ4v) is 10.5. The predicted octanol–water partition coefficient (Wildman–Crippen LogP) is 3.05. The Morgan fingerprint density at radius 3 is 2.72 bits per heavy atom. The highest BCUT2D eigenvalue weighted by Gasteiger charge is 2.85. The van der Waals surface area contributed by atoms with Crippen molar-refractivity contribution in [3.05, 3.63) is 35.9 Å². The van der Waals surface area contributed by atoms with E-state index in [1.54, 1.807) is 19.2 Å². The van der Waals surface area contributed by atoms with Crippen LogP contribution in [0.3, 0.4) is 0 Å². The van der Waals surface area contributed by atoms with Crippen molar-refractivity contribution in [1.82, 2.24) is 4.90 Å². The molecule has 7 heteroatoms. The van der Waals surface area contributed by atoms with E-state index in [1.807, 2.05) is 18.2 Å². The first kappa shape index (κ1) is 23.2. The minimum absolute atomic E-state index is 0.00435. The lowest BCUT2D eigenvalue weighted by atomic mass is 9.42. The van der Waals surface area contributed by atoms with E-state index < -0.39 is 17.6 Å². The number of hydrogen-bond acceptors (Lipinski definition) is 7. The van der Waals surface area contributed by atoms with Crippen LogP contribution in [0.25, 0.3) is 0 Å². The Morgan fingerprint density at radius 2 is 2.00 bits per heavy atom. The first-order valence-electron chi connectivity index (χ1n) is 13.8. The van der Waals surface area contributed by atoms with E-state index in [0.29, 0.717) is 18.4 Å².